The van der Waals surface area contributed by atoms with Crippen LogP contribution in [0.25, 0.3) is 11.3 Å². The summed E-state index contributed by atoms with van der Waals surface area (Å²) in [4.78, 5) is 1.93. The predicted molar refractivity (Wildman–Crippen MR) is 89.7 cm³/mol. The number of H-pyrrole nitrogens is 1. The second-order valence-corrected chi connectivity index (χ2v) is 6.11. The number of nitrogens with zero attached hydrogens (tertiary/aromatic N) is 5. The van der Waals surface area contributed by atoms with Crippen molar-refractivity contribution in [1.82, 2.24) is 20.1 Å². The highest BCUT2D eigenvalue weighted by atomic mass is 35.5. The Kier molecular flexibility index (Phi) is 6.02. The molecule has 6 nitrogen and oxygen atoms in total. The monoisotopic (exact) mass is 374 g/mol. The van der Waals surface area contributed by atoms with Gasteiger partial charge in [-0.25, -0.2) is 0 Å². The summed E-state index contributed by atoms with van der Waals surface area (Å²) in [5.74, 6) is 0. The van der Waals surface area contributed by atoms with Gasteiger partial charge in [-0.15, -0.1) is 5.11 Å². The molecule has 0 bridgehead atoms. The van der Waals surface area contributed by atoms with Gasteiger partial charge in [0.15, 0.2) is 5.69 Å². The normalized spacial score (nSPS) is 12.3. The van der Waals surface area contributed by atoms with Crippen LogP contribution in [0.5, 0.6) is 0 Å². The van der Waals surface area contributed by atoms with Crippen molar-refractivity contribution in [3.05, 3.63) is 35.0 Å². The molecule has 1 N–H and O–H groups in total. The number of benzene rings is 1. The van der Waals surface area contributed by atoms with Gasteiger partial charge in [-0.2, -0.15) is 18.3 Å². The summed E-state index contributed by atoms with van der Waals surface area (Å²) in [6.07, 6.45) is -4.62. The number of aromatic amines is 1. The zero-order valence-electron chi connectivity index (χ0n) is 14.0. The van der Waals surface area contributed by atoms with Crippen LogP contribution in [0.1, 0.15) is 5.69 Å². The van der Waals surface area contributed by atoms with E-state index in [-0.39, 0.29) is 11.4 Å². The number of halogens is 4. The largest absolute Gasteiger partial charge is 0.435 e. The van der Waals surface area contributed by atoms with E-state index in [2.05, 4.69) is 15.4 Å². The second-order valence-electron chi connectivity index (χ2n) is 5.67. The van der Waals surface area contributed by atoms with Gasteiger partial charge < -0.3 is 4.90 Å². The Bertz CT molecular complexity index is 724. The van der Waals surface area contributed by atoms with E-state index in [1.54, 1.807) is 31.3 Å². The van der Waals surface area contributed by atoms with E-state index in [1.807, 2.05) is 24.1 Å². The molecule has 0 aliphatic rings. The lowest BCUT2D eigenvalue weighted by atomic mass is 10.1. The first-order valence-electron chi connectivity index (χ1n) is 7.37. The fraction of sp³-hybridized carbons (Fsp3) is 0.400. The maximum absolute atomic E-state index is 13.2. The standard InChI is InChI=1S/C15H18ClF3N6/c1-24(2)8-9-25(3)23-21-13-12(10-4-6-11(16)7-5-10)20-22-14(13)15(17,18)19/h4-7H,8-9H2,1-3H3,(H,20,22). The molecule has 0 amide bonds. The Hall–Kier alpha value is -2.13. The SMILES string of the molecule is CN(C)CCN(C)N=Nc1c(-c2ccc(Cl)cc2)n[nH]c1C(F)(F)F. The van der Waals surface area contributed by atoms with Gasteiger partial charge >= 0.3 is 6.18 Å². The van der Waals surface area contributed by atoms with E-state index in [0.29, 0.717) is 23.7 Å². The summed E-state index contributed by atoms with van der Waals surface area (Å²) in [6, 6.07) is 6.30. The van der Waals surface area contributed by atoms with Gasteiger partial charge in [0, 0.05) is 24.2 Å². The lowest BCUT2D eigenvalue weighted by Crippen LogP contribution is -2.24. The van der Waals surface area contributed by atoms with E-state index in [9.17, 15) is 13.2 Å². The van der Waals surface area contributed by atoms with Gasteiger partial charge in [0.1, 0.15) is 11.4 Å². The minimum atomic E-state index is -4.62. The molecular formula is C15H18ClF3N6. The van der Waals surface area contributed by atoms with E-state index in [1.165, 1.54) is 5.01 Å². The first-order valence-corrected chi connectivity index (χ1v) is 7.75. The highest BCUT2D eigenvalue weighted by Gasteiger charge is 2.38. The van der Waals surface area contributed by atoms with Gasteiger partial charge in [-0.3, -0.25) is 10.1 Å². The molecule has 1 aromatic carbocycles. The van der Waals surface area contributed by atoms with Gasteiger partial charge in [0.2, 0.25) is 0 Å². The van der Waals surface area contributed by atoms with Crippen molar-refractivity contribution in [1.29, 1.82) is 0 Å². The average molecular weight is 375 g/mol. The average Bonchev–Trinajstić information content (AvgIpc) is 2.95. The topological polar surface area (TPSA) is 59.9 Å². The molecule has 0 aliphatic heterocycles. The van der Waals surface area contributed by atoms with E-state index >= 15 is 0 Å². The molecule has 0 radical (unpaired) electrons. The molecule has 0 unspecified atom stereocenters. The van der Waals surface area contributed by atoms with E-state index < -0.39 is 11.9 Å². The molecular weight excluding hydrogens is 357 g/mol. The summed E-state index contributed by atoms with van der Waals surface area (Å²) in [5.41, 5.74) is -0.872. The minimum Gasteiger partial charge on any atom is -0.308 e. The fourth-order valence-corrected chi connectivity index (χ4v) is 2.08. The first kappa shape index (κ1) is 19.2. The molecule has 0 fully saturated rings. The number of hydrogen-bond acceptors (Lipinski definition) is 4. The summed E-state index contributed by atoms with van der Waals surface area (Å²) < 4.78 is 39.6. The fourth-order valence-electron chi connectivity index (χ4n) is 1.95. The van der Waals surface area contributed by atoms with Gasteiger partial charge in [-0.05, 0) is 26.2 Å². The Labute approximate surface area is 148 Å². The molecule has 0 spiro atoms. The van der Waals surface area contributed by atoms with Crippen molar-refractivity contribution >= 4 is 17.3 Å². The van der Waals surface area contributed by atoms with Crippen molar-refractivity contribution in [2.75, 3.05) is 34.2 Å². The van der Waals surface area contributed by atoms with Crippen LogP contribution < -0.4 is 0 Å². The third-order valence-electron chi connectivity index (χ3n) is 3.31. The molecule has 2 rings (SSSR count). The van der Waals surface area contributed by atoms with Crippen molar-refractivity contribution in [3.8, 4) is 11.3 Å². The number of nitrogens with one attached hydrogen (secondary N) is 1. The Morgan fingerprint density at radius 3 is 2.32 bits per heavy atom. The minimum absolute atomic E-state index is 0.0637. The van der Waals surface area contributed by atoms with Crippen LogP contribution in [0.2, 0.25) is 5.02 Å². The van der Waals surface area contributed by atoms with Crippen molar-refractivity contribution in [2.45, 2.75) is 6.18 Å². The zero-order chi connectivity index (χ0) is 18.6. The zero-order valence-corrected chi connectivity index (χ0v) is 14.7. The van der Waals surface area contributed by atoms with Crippen molar-refractivity contribution in [2.24, 2.45) is 10.3 Å². The molecule has 0 aliphatic carbocycles. The van der Waals surface area contributed by atoms with Crippen LogP contribution >= 0.6 is 11.6 Å². The van der Waals surface area contributed by atoms with Crippen LogP contribution in [0, 0.1) is 0 Å². The van der Waals surface area contributed by atoms with Crippen LogP contribution in [0.15, 0.2) is 34.6 Å². The first-order chi connectivity index (χ1) is 11.7. The third kappa shape index (κ3) is 5.17. The smallest absolute Gasteiger partial charge is 0.308 e. The van der Waals surface area contributed by atoms with E-state index in [0.717, 1.165) is 0 Å². The van der Waals surface area contributed by atoms with Crippen molar-refractivity contribution in [3.63, 3.8) is 0 Å². The maximum Gasteiger partial charge on any atom is 0.435 e. The molecule has 0 saturated heterocycles. The van der Waals surface area contributed by atoms with Crippen LogP contribution in [-0.4, -0.2) is 54.3 Å². The van der Waals surface area contributed by atoms with Crippen LogP contribution in [-0.2, 0) is 6.18 Å². The van der Waals surface area contributed by atoms with Crippen LogP contribution in [0.4, 0.5) is 18.9 Å². The summed E-state index contributed by atoms with van der Waals surface area (Å²) in [7, 11) is 5.42. The van der Waals surface area contributed by atoms with Crippen molar-refractivity contribution < 1.29 is 13.2 Å². The van der Waals surface area contributed by atoms with E-state index in [4.69, 9.17) is 11.6 Å². The number of alkyl halides is 3. The highest BCUT2D eigenvalue weighted by Crippen LogP contribution is 2.40. The molecule has 2 aromatic rings. The predicted octanol–water partition coefficient (Wildman–Crippen LogP) is 4.24. The molecule has 25 heavy (non-hydrogen) atoms. The van der Waals surface area contributed by atoms with Crippen LogP contribution in [0.3, 0.4) is 0 Å². The summed E-state index contributed by atoms with van der Waals surface area (Å²) >= 11 is 5.82. The lowest BCUT2D eigenvalue weighted by molar-refractivity contribution is -0.140. The number of rotatable bonds is 6. The van der Waals surface area contributed by atoms with Gasteiger partial charge in [-0.1, -0.05) is 29.0 Å². The maximum atomic E-state index is 13.2. The molecule has 1 heterocycles. The number of aromatic nitrogens is 2. The highest BCUT2D eigenvalue weighted by molar-refractivity contribution is 6.30. The molecule has 1 aromatic heterocycles. The van der Waals surface area contributed by atoms with Gasteiger partial charge in [0.05, 0.1) is 6.54 Å². The molecule has 10 heteroatoms. The third-order valence-corrected chi connectivity index (χ3v) is 3.56. The molecule has 0 saturated carbocycles. The molecule has 0 atom stereocenters. The number of hydrogen-bond donors (Lipinski definition) is 1. The summed E-state index contributed by atoms with van der Waals surface area (Å²) in [5, 5.41) is 15.4. The summed E-state index contributed by atoms with van der Waals surface area (Å²) in [6.45, 7) is 1.21. The lowest BCUT2D eigenvalue weighted by Gasteiger charge is -2.15. The Morgan fingerprint density at radius 2 is 1.76 bits per heavy atom. The molecule has 136 valence electrons. The Balaban J connectivity index is 2.36. The quantitative estimate of drug-likeness (QED) is 0.607. The second kappa shape index (κ2) is 7.83. The number of likely N-dealkylation sites (N-methyl/N-ethyl adjacent to an activating group) is 2. The van der Waals surface area contributed by atoms with Gasteiger partial charge in [0.25, 0.3) is 0 Å². The Morgan fingerprint density at radius 1 is 1.12 bits per heavy atom.